The second-order valence-corrected chi connectivity index (χ2v) is 6.46. The van der Waals surface area contributed by atoms with Gasteiger partial charge >= 0.3 is 0 Å². The fourth-order valence-corrected chi connectivity index (χ4v) is 3.87. The molecule has 0 bridgehead atoms. The number of carbonyl (C=O) groups excluding carboxylic acids is 1. The largest absolute Gasteiger partial charge is 0.341 e. The number of amides is 1. The Morgan fingerprint density at radius 2 is 2.30 bits per heavy atom. The van der Waals surface area contributed by atoms with Crippen LogP contribution in [0.15, 0.2) is 24.5 Å². The van der Waals surface area contributed by atoms with Crippen molar-refractivity contribution < 1.29 is 9.18 Å². The van der Waals surface area contributed by atoms with E-state index in [-0.39, 0.29) is 22.4 Å². The smallest absolute Gasteiger partial charge is 0.263 e. The molecule has 23 heavy (non-hydrogen) atoms. The van der Waals surface area contributed by atoms with Gasteiger partial charge < -0.3 is 5.32 Å². The zero-order chi connectivity index (χ0) is 16.6. The number of hydrogen-bond donors (Lipinski definition) is 1. The highest BCUT2D eigenvalue weighted by Crippen LogP contribution is 2.37. The summed E-state index contributed by atoms with van der Waals surface area (Å²) in [7, 11) is 1.76. The molecule has 0 spiro atoms. The van der Waals surface area contributed by atoms with Crippen molar-refractivity contribution in [3.63, 3.8) is 0 Å². The highest BCUT2D eigenvalue weighted by atomic mass is 35.5. The van der Waals surface area contributed by atoms with Crippen LogP contribution in [-0.2, 0) is 7.05 Å². The third kappa shape index (κ3) is 2.82. The molecule has 1 aromatic carbocycles. The van der Waals surface area contributed by atoms with Gasteiger partial charge in [0, 0.05) is 17.1 Å². The fourth-order valence-electron chi connectivity index (χ4n) is 2.41. The molecule has 0 radical (unpaired) electrons. The summed E-state index contributed by atoms with van der Waals surface area (Å²) in [6.07, 6.45) is 2.08. The number of halogens is 2. The van der Waals surface area contributed by atoms with Gasteiger partial charge in [-0.15, -0.1) is 11.3 Å². The van der Waals surface area contributed by atoms with Gasteiger partial charge in [-0.2, -0.15) is 5.10 Å². The molecule has 0 unspecified atom stereocenters. The number of nitrogens with one attached hydrogen (secondary N) is 1. The van der Waals surface area contributed by atoms with Gasteiger partial charge in [0.1, 0.15) is 22.8 Å². The molecule has 1 amide bonds. The molecule has 0 saturated heterocycles. The van der Waals surface area contributed by atoms with Gasteiger partial charge in [0.2, 0.25) is 0 Å². The summed E-state index contributed by atoms with van der Waals surface area (Å²) in [6, 6.07) is 4.38. The van der Waals surface area contributed by atoms with E-state index in [2.05, 4.69) is 15.4 Å². The van der Waals surface area contributed by atoms with Crippen LogP contribution in [0.2, 0.25) is 5.02 Å². The maximum absolute atomic E-state index is 13.9. The Balaban J connectivity index is 1.93. The van der Waals surface area contributed by atoms with E-state index >= 15 is 0 Å². The molecule has 2 heterocycles. The second-order valence-electron chi connectivity index (χ2n) is 5.03. The van der Waals surface area contributed by atoms with Crippen LogP contribution in [0, 0.1) is 5.82 Å². The molecular formula is C15H14ClFN4OS. The van der Waals surface area contributed by atoms with Gasteiger partial charge in [-0.05, 0) is 18.6 Å². The van der Waals surface area contributed by atoms with Crippen molar-refractivity contribution in [1.82, 2.24) is 20.1 Å². The van der Waals surface area contributed by atoms with Gasteiger partial charge in [-0.1, -0.05) is 24.6 Å². The molecule has 2 aromatic heterocycles. The Labute approximate surface area is 141 Å². The molecular weight excluding hydrogens is 339 g/mol. The van der Waals surface area contributed by atoms with E-state index in [0.717, 1.165) is 0 Å². The van der Waals surface area contributed by atoms with Crippen molar-refractivity contribution in [3.8, 4) is 0 Å². The van der Waals surface area contributed by atoms with Gasteiger partial charge in [0.05, 0.1) is 11.1 Å². The Morgan fingerprint density at radius 1 is 1.52 bits per heavy atom. The molecule has 5 nitrogen and oxygen atoms in total. The van der Waals surface area contributed by atoms with Crippen LogP contribution >= 0.6 is 22.9 Å². The van der Waals surface area contributed by atoms with Crippen molar-refractivity contribution in [2.45, 2.75) is 19.4 Å². The van der Waals surface area contributed by atoms with Crippen LogP contribution in [0.1, 0.15) is 34.9 Å². The van der Waals surface area contributed by atoms with Gasteiger partial charge in [0.25, 0.3) is 5.91 Å². The van der Waals surface area contributed by atoms with Crippen LogP contribution in [0.3, 0.4) is 0 Å². The number of nitrogens with zero attached hydrogens (tertiary/aromatic N) is 3. The van der Waals surface area contributed by atoms with Gasteiger partial charge in [-0.3, -0.25) is 9.48 Å². The summed E-state index contributed by atoms with van der Waals surface area (Å²) in [6.45, 7) is 1.94. The second kappa shape index (κ2) is 6.25. The molecule has 8 heteroatoms. The minimum absolute atomic E-state index is 0.147. The average Bonchev–Trinajstić information content (AvgIpc) is 3.09. The van der Waals surface area contributed by atoms with Crippen LogP contribution < -0.4 is 5.32 Å². The maximum Gasteiger partial charge on any atom is 0.263 e. The van der Waals surface area contributed by atoms with E-state index in [9.17, 15) is 9.18 Å². The number of carbonyl (C=O) groups is 1. The maximum atomic E-state index is 13.9. The zero-order valence-electron chi connectivity index (χ0n) is 12.5. The SMILES string of the molecule is CC[C@H](NC(=O)c1sc2cccc(F)c2c1Cl)c1ncnn1C. The lowest BCUT2D eigenvalue weighted by Crippen LogP contribution is -2.29. The summed E-state index contributed by atoms with van der Waals surface area (Å²) >= 11 is 7.39. The summed E-state index contributed by atoms with van der Waals surface area (Å²) in [5.74, 6) is -0.113. The summed E-state index contributed by atoms with van der Waals surface area (Å²) in [4.78, 5) is 17.0. The van der Waals surface area contributed by atoms with Crippen LogP contribution in [0.25, 0.3) is 10.1 Å². The lowest BCUT2D eigenvalue weighted by Gasteiger charge is -2.15. The quantitative estimate of drug-likeness (QED) is 0.778. The highest BCUT2D eigenvalue weighted by molar-refractivity contribution is 7.21. The molecule has 3 rings (SSSR count). The number of thiophene rings is 1. The van der Waals surface area contributed by atoms with E-state index < -0.39 is 5.82 Å². The number of fused-ring (bicyclic) bond motifs is 1. The third-order valence-electron chi connectivity index (χ3n) is 3.58. The minimum atomic E-state index is -0.428. The predicted molar refractivity (Wildman–Crippen MR) is 88.3 cm³/mol. The normalized spacial score (nSPS) is 12.5. The molecule has 120 valence electrons. The standard InChI is InChI=1S/C15H14ClFN4OS/c1-3-9(14-18-7-19-21(14)2)20-15(22)13-12(16)11-8(17)5-4-6-10(11)23-13/h4-7,9H,3H2,1-2H3,(H,20,22)/t9-/m0/s1. The number of aromatic nitrogens is 3. The monoisotopic (exact) mass is 352 g/mol. The molecule has 0 aliphatic carbocycles. The average molecular weight is 353 g/mol. The molecule has 0 fully saturated rings. The van der Waals surface area contributed by atoms with Gasteiger partial charge in [-0.25, -0.2) is 9.37 Å². The first kappa shape index (κ1) is 15.9. The molecule has 0 aliphatic rings. The molecule has 0 aliphatic heterocycles. The first-order valence-electron chi connectivity index (χ1n) is 7.04. The number of benzene rings is 1. The summed E-state index contributed by atoms with van der Waals surface area (Å²) in [5.41, 5.74) is 0. The topological polar surface area (TPSA) is 59.8 Å². The Hall–Kier alpha value is -1.99. The zero-order valence-corrected chi connectivity index (χ0v) is 14.1. The Morgan fingerprint density at radius 3 is 2.91 bits per heavy atom. The lowest BCUT2D eigenvalue weighted by molar-refractivity contribution is 0.0937. The Bertz CT molecular complexity index is 876. The third-order valence-corrected chi connectivity index (χ3v) is 5.23. The fraction of sp³-hybridized carbons (Fsp3) is 0.267. The molecule has 1 N–H and O–H groups in total. The van der Waals surface area contributed by atoms with Crippen molar-refractivity contribution in [1.29, 1.82) is 0 Å². The van der Waals surface area contributed by atoms with E-state index in [4.69, 9.17) is 11.6 Å². The molecule has 1 atom stereocenters. The number of rotatable bonds is 4. The molecule has 0 saturated carbocycles. The highest BCUT2D eigenvalue weighted by Gasteiger charge is 2.23. The van der Waals surface area contributed by atoms with Crippen molar-refractivity contribution in [2.24, 2.45) is 7.05 Å². The van der Waals surface area contributed by atoms with Crippen molar-refractivity contribution in [3.05, 3.63) is 46.1 Å². The first-order chi connectivity index (χ1) is 11.0. The molecule has 3 aromatic rings. The van der Waals surface area contributed by atoms with Crippen LogP contribution in [0.4, 0.5) is 4.39 Å². The first-order valence-corrected chi connectivity index (χ1v) is 8.23. The van der Waals surface area contributed by atoms with Gasteiger partial charge in [0.15, 0.2) is 0 Å². The van der Waals surface area contributed by atoms with Crippen LogP contribution in [-0.4, -0.2) is 20.7 Å². The summed E-state index contributed by atoms with van der Waals surface area (Å²) in [5, 5.41) is 7.33. The van der Waals surface area contributed by atoms with Crippen LogP contribution in [0.5, 0.6) is 0 Å². The van der Waals surface area contributed by atoms with E-state index in [0.29, 0.717) is 21.8 Å². The van der Waals surface area contributed by atoms with Crippen molar-refractivity contribution in [2.75, 3.05) is 0 Å². The minimum Gasteiger partial charge on any atom is -0.341 e. The van der Waals surface area contributed by atoms with E-state index in [1.54, 1.807) is 23.9 Å². The Kier molecular flexibility index (Phi) is 4.32. The van der Waals surface area contributed by atoms with E-state index in [1.165, 1.54) is 23.7 Å². The summed E-state index contributed by atoms with van der Waals surface area (Å²) < 4.78 is 16.2. The number of hydrogen-bond acceptors (Lipinski definition) is 4. The predicted octanol–water partition coefficient (Wildman–Crippen LogP) is 3.70. The van der Waals surface area contributed by atoms with E-state index in [1.807, 2.05) is 6.92 Å². The van der Waals surface area contributed by atoms with Crippen molar-refractivity contribution >= 4 is 38.9 Å². The number of aryl methyl sites for hydroxylation is 1. The lowest BCUT2D eigenvalue weighted by atomic mass is 10.2.